The van der Waals surface area contributed by atoms with Crippen molar-refractivity contribution in [2.75, 3.05) is 11.1 Å². The number of pyridine rings is 2. The third-order valence-electron chi connectivity index (χ3n) is 4.24. The fourth-order valence-electron chi connectivity index (χ4n) is 3.12. The number of nitrogens with one attached hydrogen (secondary N) is 2. The highest BCUT2D eigenvalue weighted by Gasteiger charge is 2.23. The average Bonchev–Trinajstić information content (AvgIpc) is 3.18. The lowest BCUT2D eigenvalue weighted by Gasteiger charge is -2.16. The molecule has 3 heterocycles. The second-order valence-electron chi connectivity index (χ2n) is 5.96. The number of nitrogens with zero attached hydrogens (tertiary/aromatic N) is 3. The van der Waals surface area contributed by atoms with E-state index in [0.29, 0.717) is 5.82 Å². The van der Waals surface area contributed by atoms with Crippen molar-refractivity contribution >= 4 is 22.5 Å². The number of aromatic amines is 1. The molecule has 0 aliphatic heterocycles. The SMILES string of the molecule is Nc1cc(N[C@H]2CC[C@H](O)C2)c2ncc(-c3ccn[nH]3)cc2n1. The Labute approximate surface area is 133 Å². The van der Waals surface area contributed by atoms with E-state index in [4.69, 9.17) is 5.73 Å². The van der Waals surface area contributed by atoms with Crippen molar-refractivity contribution in [3.05, 3.63) is 30.6 Å². The highest BCUT2D eigenvalue weighted by Crippen LogP contribution is 2.29. The zero-order valence-electron chi connectivity index (χ0n) is 12.5. The first-order valence-electron chi connectivity index (χ1n) is 7.69. The molecule has 0 spiro atoms. The van der Waals surface area contributed by atoms with E-state index in [1.165, 1.54) is 0 Å². The van der Waals surface area contributed by atoms with Gasteiger partial charge in [0.25, 0.3) is 0 Å². The Bertz CT molecular complexity index is 832. The molecule has 118 valence electrons. The first kappa shape index (κ1) is 14.0. The standard InChI is InChI=1S/C16H18N6O/c17-15-7-14(20-10-1-2-11(23)6-10)16-13(21-15)5-9(8-18-16)12-3-4-19-22-12/h3-5,7-8,10-11,23H,1-2,6H2,(H,19,22)(H3,17,20,21)/t10-,11-/m0/s1. The number of rotatable bonds is 3. The lowest BCUT2D eigenvalue weighted by atomic mass is 10.1. The van der Waals surface area contributed by atoms with Gasteiger partial charge in [-0.25, -0.2) is 4.98 Å². The maximum absolute atomic E-state index is 9.69. The van der Waals surface area contributed by atoms with Crippen molar-refractivity contribution in [2.45, 2.75) is 31.4 Å². The van der Waals surface area contributed by atoms with E-state index in [0.717, 1.165) is 47.2 Å². The maximum atomic E-state index is 9.69. The van der Waals surface area contributed by atoms with Gasteiger partial charge in [0.05, 0.1) is 23.0 Å². The summed E-state index contributed by atoms with van der Waals surface area (Å²) in [4.78, 5) is 8.94. The largest absolute Gasteiger partial charge is 0.393 e. The van der Waals surface area contributed by atoms with Crippen LogP contribution < -0.4 is 11.1 Å². The summed E-state index contributed by atoms with van der Waals surface area (Å²) in [5, 5.41) is 20.0. The van der Waals surface area contributed by atoms with Crippen LogP contribution in [0.3, 0.4) is 0 Å². The highest BCUT2D eigenvalue weighted by atomic mass is 16.3. The molecule has 4 rings (SSSR count). The summed E-state index contributed by atoms with van der Waals surface area (Å²) in [6.07, 6.45) is 5.78. The van der Waals surface area contributed by atoms with Crippen molar-refractivity contribution in [1.29, 1.82) is 0 Å². The third kappa shape index (κ3) is 2.70. The second-order valence-corrected chi connectivity index (χ2v) is 5.96. The predicted octanol–water partition coefficient (Wildman–Crippen LogP) is 1.93. The zero-order chi connectivity index (χ0) is 15.8. The molecule has 23 heavy (non-hydrogen) atoms. The Morgan fingerprint density at radius 3 is 2.96 bits per heavy atom. The monoisotopic (exact) mass is 310 g/mol. The van der Waals surface area contributed by atoms with Crippen LogP contribution in [0.1, 0.15) is 19.3 Å². The molecule has 1 aliphatic carbocycles. The Morgan fingerprint density at radius 2 is 2.22 bits per heavy atom. The van der Waals surface area contributed by atoms with Crippen LogP contribution in [0.5, 0.6) is 0 Å². The van der Waals surface area contributed by atoms with Crippen LogP contribution in [0.4, 0.5) is 11.5 Å². The lowest BCUT2D eigenvalue weighted by Crippen LogP contribution is -2.17. The zero-order valence-corrected chi connectivity index (χ0v) is 12.5. The van der Waals surface area contributed by atoms with E-state index in [9.17, 15) is 5.11 Å². The topological polar surface area (TPSA) is 113 Å². The molecule has 1 saturated carbocycles. The number of nitrogens with two attached hydrogens (primary N) is 1. The van der Waals surface area contributed by atoms with Gasteiger partial charge in [-0.3, -0.25) is 10.1 Å². The Hall–Kier alpha value is -2.67. The van der Waals surface area contributed by atoms with Gasteiger partial charge in [-0.05, 0) is 31.4 Å². The van der Waals surface area contributed by atoms with E-state index in [2.05, 4.69) is 25.5 Å². The van der Waals surface area contributed by atoms with Crippen LogP contribution in [0.2, 0.25) is 0 Å². The Kier molecular flexibility index (Phi) is 3.34. The third-order valence-corrected chi connectivity index (χ3v) is 4.24. The van der Waals surface area contributed by atoms with E-state index < -0.39 is 0 Å². The fourth-order valence-corrected chi connectivity index (χ4v) is 3.12. The van der Waals surface area contributed by atoms with E-state index >= 15 is 0 Å². The molecule has 0 radical (unpaired) electrons. The van der Waals surface area contributed by atoms with Gasteiger partial charge in [-0.2, -0.15) is 5.10 Å². The molecular formula is C16H18N6O. The van der Waals surface area contributed by atoms with E-state index in [1.807, 2.05) is 12.1 Å². The number of aliphatic hydroxyl groups is 1. The number of anilines is 2. The van der Waals surface area contributed by atoms with Crippen LogP contribution in [0, 0.1) is 0 Å². The summed E-state index contributed by atoms with van der Waals surface area (Å²) < 4.78 is 0. The minimum Gasteiger partial charge on any atom is -0.393 e. The van der Waals surface area contributed by atoms with Gasteiger partial charge in [0.1, 0.15) is 11.3 Å². The fraction of sp³-hybridized carbons (Fsp3) is 0.312. The number of aromatic nitrogens is 4. The van der Waals surface area contributed by atoms with Crippen molar-refractivity contribution < 1.29 is 5.11 Å². The van der Waals surface area contributed by atoms with Crippen LogP contribution in [0.15, 0.2) is 30.6 Å². The molecule has 7 nitrogen and oxygen atoms in total. The number of hydrogen-bond acceptors (Lipinski definition) is 6. The van der Waals surface area contributed by atoms with Gasteiger partial charge >= 0.3 is 0 Å². The van der Waals surface area contributed by atoms with Gasteiger partial charge in [0.2, 0.25) is 0 Å². The summed E-state index contributed by atoms with van der Waals surface area (Å²) >= 11 is 0. The minimum absolute atomic E-state index is 0.224. The molecule has 3 aromatic heterocycles. The number of H-pyrrole nitrogens is 1. The second kappa shape index (κ2) is 5.51. The molecule has 1 fully saturated rings. The summed E-state index contributed by atoms with van der Waals surface area (Å²) in [6.45, 7) is 0. The molecule has 1 aliphatic rings. The Morgan fingerprint density at radius 1 is 1.30 bits per heavy atom. The molecule has 0 bridgehead atoms. The molecule has 0 amide bonds. The minimum atomic E-state index is -0.224. The average molecular weight is 310 g/mol. The molecule has 0 aromatic carbocycles. The molecule has 0 saturated heterocycles. The van der Waals surface area contributed by atoms with Gasteiger partial charge in [0, 0.05) is 30.1 Å². The van der Waals surface area contributed by atoms with Crippen molar-refractivity contribution in [3.8, 4) is 11.3 Å². The normalized spacial score (nSPS) is 20.9. The first-order chi connectivity index (χ1) is 11.2. The summed E-state index contributed by atoms with van der Waals surface area (Å²) in [6, 6.07) is 5.87. The van der Waals surface area contributed by atoms with Gasteiger partial charge in [-0.15, -0.1) is 0 Å². The molecule has 2 atom stereocenters. The van der Waals surface area contributed by atoms with Crippen molar-refractivity contribution in [3.63, 3.8) is 0 Å². The first-order valence-corrected chi connectivity index (χ1v) is 7.69. The smallest absolute Gasteiger partial charge is 0.126 e. The van der Waals surface area contributed by atoms with Crippen molar-refractivity contribution in [2.24, 2.45) is 0 Å². The number of nitrogen functional groups attached to an aromatic ring is 1. The summed E-state index contributed by atoms with van der Waals surface area (Å²) in [5.41, 5.74) is 10.1. The summed E-state index contributed by atoms with van der Waals surface area (Å²) in [5.74, 6) is 0.446. The summed E-state index contributed by atoms with van der Waals surface area (Å²) in [7, 11) is 0. The number of hydrogen-bond donors (Lipinski definition) is 4. The van der Waals surface area contributed by atoms with Crippen LogP contribution in [0.25, 0.3) is 22.3 Å². The number of aliphatic hydroxyl groups excluding tert-OH is 1. The molecule has 5 N–H and O–H groups in total. The lowest BCUT2D eigenvalue weighted by molar-refractivity contribution is 0.182. The van der Waals surface area contributed by atoms with Gasteiger partial charge < -0.3 is 16.2 Å². The maximum Gasteiger partial charge on any atom is 0.126 e. The molecular weight excluding hydrogens is 292 g/mol. The highest BCUT2D eigenvalue weighted by molar-refractivity contribution is 5.91. The van der Waals surface area contributed by atoms with Gasteiger partial charge in [0.15, 0.2) is 0 Å². The molecule has 0 unspecified atom stereocenters. The number of fused-ring (bicyclic) bond motifs is 1. The molecule has 7 heteroatoms. The van der Waals surface area contributed by atoms with Crippen molar-refractivity contribution in [1.82, 2.24) is 20.2 Å². The van der Waals surface area contributed by atoms with Crippen LogP contribution >= 0.6 is 0 Å². The van der Waals surface area contributed by atoms with Gasteiger partial charge in [-0.1, -0.05) is 0 Å². The van der Waals surface area contributed by atoms with E-state index in [-0.39, 0.29) is 12.1 Å². The van der Waals surface area contributed by atoms with E-state index in [1.54, 1.807) is 18.5 Å². The van der Waals surface area contributed by atoms with Crippen LogP contribution in [-0.2, 0) is 0 Å². The van der Waals surface area contributed by atoms with Crippen LogP contribution in [-0.4, -0.2) is 37.4 Å². The quantitative estimate of drug-likeness (QED) is 0.588. The predicted molar refractivity (Wildman–Crippen MR) is 88.8 cm³/mol. The molecule has 3 aromatic rings. The Balaban J connectivity index is 1.73.